The second-order valence-corrected chi connectivity index (χ2v) is 5.60. The van der Waals surface area contributed by atoms with Gasteiger partial charge < -0.3 is 14.2 Å². The van der Waals surface area contributed by atoms with E-state index >= 15 is 0 Å². The summed E-state index contributed by atoms with van der Waals surface area (Å²) in [5.41, 5.74) is 0.854. The molecule has 0 atom stereocenters. The second kappa shape index (κ2) is 6.69. The minimum Gasteiger partial charge on any atom is -0.378 e. The van der Waals surface area contributed by atoms with Crippen molar-refractivity contribution < 1.29 is 9.53 Å². The number of morpholine rings is 1. The third kappa shape index (κ3) is 2.94. The van der Waals surface area contributed by atoms with Gasteiger partial charge in [0, 0.05) is 25.7 Å². The molecule has 1 amide bonds. The minimum atomic E-state index is -0.365. The maximum Gasteiger partial charge on any atom is 0.264 e. The van der Waals surface area contributed by atoms with E-state index in [0.717, 1.165) is 10.9 Å². The van der Waals surface area contributed by atoms with E-state index in [-0.39, 0.29) is 17.0 Å². The molecule has 0 aliphatic carbocycles. The fraction of sp³-hybridized carbons (Fsp3) is 0.278. The Morgan fingerprint density at radius 1 is 1.29 bits per heavy atom. The highest BCUT2D eigenvalue weighted by atomic mass is 16.5. The summed E-state index contributed by atoms with van der Waals surface area (Å²) in [4.78, 5) is 26.5. The molecule has 0 spiro atoms. The number of carbonyl (C=O) groups excluding carboxylic acids is 1. The molecule has 1 aliphatic rings. The lowest BCUT2D eigenvalue weighted by atomic mass is 10.1. The Balaban J connectivity index is 2.04. The molecule has 0 radical (unpaired) electrons. The predicted molar refractivity (Wildman–Crippen MR) is 90.2 cm³/mol. The van der Waals surface area contributed by atoms with Crippen molar-refractivity contribution in [1.82, 2.24) is 9.47 Å². The third-order valence-electron chi connectivity index (χ3n) is 4.11. The Morgan fingerprint density at radius 2 is 2.00 bits per heavy atom. The average Bonchev–Trinajstić information content (AvgIpc) is 2.63. The van der Waals surface area contributed by atoms with E-state index in [1.54, 1.807) is 18.0 Å². The molecule has 3 rings (SSSR count). The van der Waals surface area contributed by atoms with E-state index in [4.69, 9.17) is 4.74 Å². The average molecular weight is 323 g/mol. The smallest absolute Gasteiger partial charge is 0.264 e. The number of rotatable bonds is 2. The van der Waals surface area contributed by atoms with Crippen molar-refractivity contribution in [2.45, 2.75) is 0 Å². The van der Waals surface area contributed by atoms with Crippen LogP contribution in [-0.2, 0) is 16.6 Å². The van der Waals surface area contributed by atoms with E-state index < -0.39 is 0 Å². The molecule has 2 heterocycles. The fourth-order valence-corrected chi connectivity index (χ4v) is 2.78. The molecule has 1 aromatic carbocycles. The number of nitriles is 1. The van der Waals surface area contributed by atoms with Gasteiger partial charge in [0.2, 0.25) is 0 Å². The zero-order chi connectivity index (χ0) is 17.1. The first-order valence-electron chi connectivity index (χ1n) is 7.69. The lowest BCUT2D eigenvalue weighted by Crippen LogP contribution is -2.41. The molecule has 6 heteroatoms. The van der Waals surface area contributed by atoms with Gasteiger partial charge in [0.25, 0.3) is 11.5 Å². The molecule has 24 heavy (non-hydrogen) atoms. The SMILES string of the molecule is Cn1c(=O)c(/C=C(\C#N)C(=O)N2CCOCC2)cc2ccccc21. The minimum absolute atomic E-state index is 0.0377. The van der Waals surface area contributed by atoms with Crippen molar-refractivity contribution in [2.75, 3.05) is 26.3 Å². The van der Waals surface area contributed by atoms with Crippen molar-refractivity contribution in [2.24, 2.45) is 7.05 Å². The Labute approximate surface area is 139 Å². The number of ether oxygens (including phenoxy) is 1. The standard InChI is InChI=1S/C18H17N3O3/c1-20-16-5-3-2-4-13(16)10-14(17(20)22)11-15(12-19)18(23)21-6-8-24-9-7-21/h2-5,10-11H,6-9H2,1H3/b15-11+. The van der Waals surface area contributed by atoms with E-state index in [1.807, 2.05) is 30.3 Å². The number of aryl methyl sites for hydroxylation is 1. The Kier molecular flexibility index (Phi) is 4.45. The van der Waals surface area contributed by atoms with Gasteiger partial charge in [-0.1, -0.05) is 18.2 Å². The zero-order valence-corrected chi connectivity index (χ0v) is 13.4. The third-order valence-corrected chi connectivity index (χ3v) is 4.11. The molecule has 1 aliphatic heterocycles. The van der Waals surface area contributed by atoms with Gasteiger partial charge in [-0.05, 0) is 23.6 Å². The Hall–Kier alpha value is -2.91. The number of hydrogen-bond acceptors (Lipinski definition) is 4. The number of pyridine rings is 1. The van der Waals surface area contributed by atoms with Crippen LogP contribution in [0.3, 0.4) is 0 Å². The summed E-state index contributed by atoms with van der Waals surface area (Å²) < 4.78 is 6.74. The first kappa shape index (κ1) is 16.0. The molecule has 0 N–H and O–H groups in total. The molecule has 2 aromatic rings. The molecule has 0 unspecified atom stereocenters. The summed E-state index contributed by atoms with van der Waals surface area (Å²) in [5, 5.41) is 10.2. The molecule has 0 bridgehead atoms. The first-order chi connectivity index (χ1) is 11.6. The number of benzene rings is 1. The maximum atomic E-state index is 12.5. The van der Waals surface area contributed by atoms with Crippen molar-refractivity contribution in [3.05, 3.63) is 51.8 Å². The Morgan fingerprint density at radius 3 is 2.71 bits per heavy atom. The van der Waals surface area contributed by atoms with Gasteiger partial charge in [-0.2, -0.15) is 5.26 Å². The fourth-order valence-electron chi connectivity index (χ4n) is 2.78. The topological polar surface area (TPSA) is 75.3 Å². The number of nitrogens with zero attached hydrogens (tertiary/aromatic N) is 3. The van der Waals surface area contributed by atoms with E-state index in [0.29, 0.717) is 31.9 Å². The van der Waals surface area contributed by atoms with Gasteiger partial charge in [0.05, 0.1) is 18.7 Å². The van der Waals surface area contributed by atoms with Crippen LogP contribution in [0.5, 0.6) is 0 Å². The molecule has 0 saturated carbocycles. The number of para-hydroxylation sites is 1. The van der Waals surface area contributed by atoms with E-state index in [2.05, 4.69) is 0 Å². The highest BCUT2D eigenvalue weighted by Gasteiger charge is 2.21. The molecule has 6 nitrogen and oxygen atoms in total. The highest BCUT2D eigenvalue weighted by molar-refractivity contribution is 6.02. The number of fused-ring (bicyclic) bond motifs is 1. The maximum absolute atomic E-state index is 12.5. The molecule has 1 aromatic heterocycles. The highest BCUT2D eigenvalue weighted by Crippen LogP contribution is 2.15. The van der Waals surface area contributed by atoms with Crippen molar-refractivity contribution >= 4 is 22.9 Å². The van der Waals surface area contributed by atoms with Crippen LogP contribution in [0.1, 0.15) is 5.56 Å². The van der Waals surface area contributed by atoms with E-state index in [1.165, 1.54) is 10.6 Å². The molecular weight excluding hydrogens is 306 g/mol. The van der Waals surface area contributed by atoms with Crippen LogP contribution in [0.2, 0.25) is 0 Å². The monoisotopic (exact) mass is 323 g/mol. The lowest BCUT2D eigenvalue weighted by molar-refractivity contribution is -0.130. The number of amides is 1. The first-order valence-corrected chi connectivity index (χ1v) is 7.69. The number of carbonyl (C=O) groups is 1. The summed E-state index contributed by atoms with van der Waals surface area (Å²) in [6.45, 7) is 1.82. The summed E-state index contributed by atoms with van der Waals surface area (Å²) >= 11 is 0. The summed E-state index contributed by atoms with van der Waals surface area (Å²) in [5.74, 6) is -0.365. The largest absolute Gasteiger partial charge is 0.378 e. The molecule has 1 fully saturated rings. The zero-order valence-electron chi connectivity index (χ0n) is 13.4. The van der Waals surface area contributed by atoms with Gasteiger partial charge in [-0.15, -0.1) is 0 Å². The van der Waals surface area contributed by atoms with Crippen LogP contribution < -0.4 is 5.56 Å². The van der Waals surface area contributed by atoms with Gasteiger partial charge in [0.15, 0.2) is 0 Å². The van der Waals surface area contributed by atoms with Gasteiger partial charge in [-0.25, -0.2) is 0 Å². The summed E-state index contributed by atoms with van der Waals surface area (Å²) in [7, 11) is 1.68. The van der Waals surface area contributed by atoms with Crippen LogP contribution in [0.4, 0.5) is 0 Å². The van der Waals surface area contributed by atoms with Crippen molar-refractivity contribution in [3.8, 4) is 6.07 Å². The van der Waals surface area contributed by atoms with Crippen LogP contribution >= 0.6 is 0 Å². The predicted octanol–water partition coefficient (Wildman–Crippen LogP) is 1.30. The Bertz CT molecular complexity index is 915. The second-order valence-electron chi connectivity index (χ2n) is 5.60. The number of hydrogen-bond donors (Lipinski definition) is 0. The van der Waals surface area contributed by atoms with Crippen LogP contribution in [0.15, 0.2) is 40.7 Å². The number of aromatic nitrogens is 1. The lowest BCUT2D eigenvalue weighted by Gasteiger charge is -2.26. The quantitative estimate of drug-likeness (QED) is 0.617. The van der Waals surface area contributed by atoms with Crippen LogP contribution in [0.25, 0.3) is 17.0 Å². The molecule has 122 valence electrons. The van der Waals surface area contributed by atoms with Gasteiger partial charge >= 0.3 is 0 Å². The van der Waals surface area contributed by atoms with Crippen LogP contribution in [-0.4, -0.2) is 41.7 Å². The molecule has 1 saturated heterocycles. The van der Waals surface area contributed by atoms with Crippen LogP contribution in [0, 0.1) is 11.3 Å². The van der Waals surface area contributed by atoms with Gasteiger partial charge in [0.1, 0.15) is 11.6 Å². The van der Waals surface area contributed by atoms with Crippen molar-refractivity contribution in [1.29, 1.82) is 5.26 Å². The van der Waals surface area contributed by atoms with E-state index in [9.17, 15) is 14.9 Å². The summed E-state index contributed by atoms with van der Waals surface area (Å²) in [6, 6.07) is 11.1. The van der Waals surface area contributed by atoms with Crippen molar-refractivity contribution in [3.63, 3.8) is 0 Å². The summed E-state index contributed by atoms with van der Waals surface area (Å²) in [6.07, 6.45) is 1.38. The van der Waals surface area contributed by atoms with Gasteiger partial charge in [-0.3, -0.25) is 9.59 Å². The molecular formula is C18H17N3O3. The normalized spacial score (nSPS) is 15.3.